The summed E-state index contributed by atoms with van der Waals surface area (Å²) in [6.45, 7) is 0. The summed E-state index contributed by atoms with van der Waals surface area (Å²) in [7, 11) is 1.63. The average Bonchev–Trinajstić information content (AvgIpc) is 2.39. The topological polar surface area (TPSA) is 65.7 Å². The lowest BCUT2D eigenvalue weighted by atomic mass is 10.2. The van der Waals surface area contributed by atoms with Crippen molar-refractivity contribution < 1.29 is 0 Å². The second kappa shape index (κ2) is 4.36. The van der Waals surface area contributed by atoms with Crippen LogP contribution >= 0.6 is 0 Å². The Morgan fingerprint density at radius 3 is 2.56 bits per heavy atom. The normalized spacial score (nSPS) is 9.50. The molecule has 0 N–H and O–H groups in total. The summed E-state index contributed by atoms with van der Waals surface area (Å²) < 4.78 is 0. The van der Waals surface area contributed by atoms with Gasteiger partial charge in [0.1, 0.15) is 5.69 Å². The summed E-state index contributed by atoms with van der Waals surface area (Å²) in [4.78, 5) is 5.51. The van der Waals surface area contributed by atoms with Gasteiger partial charge in [0.15, 0.2) is 12.0 Å². The van der Waals surface area contributed by atoms with Crippen molar-refractivity contribution in [2.24, 2.45) is 0 Å². The molecule has 0 bridgehead atoms. The smallest absolute Gasteiger partial charge is 0.185 e. The maximum atomic E-state index is 8.67. The van der Waals surface area contributed by atoms with E-state index in [1.54, 1.807) is 25.4 Å². The van der Waals surface area contributed by atoms with Crippen molar-refractivity contribution in [3.05, 3.63) is 36.5 Å². The van der Waals surface area contributed by atoms with E-state index in [1.807, 2.05) is 24.4 Å². The van der Waals surface area contributed by atoms with Crippen LogP contribution in [0.25, 0.3) is 11.4 Å². The number of pyridine rings is 1. The van der Waals surface area contributed by atoms with Crippen LogP contribution in [0.4, 0.5) is 5.82 Å². The van der Waals surface area contributed by atoms with Crippen molar-refractivity contribution in [2.75, 3.05) is 11.9 Å². The molecule has 0 aliphatic carbocycles. The van der Waals surface area contributed by atoms with E-state index in [0.717, 1.165) is 5.69 Å². The minimum Gasteiger partial charge on any atom is -0.265 e. The van der Waals surface area contributed by atoms with E-state index in [1.165, 1.54) is 4.90 Å². The summed E-state index contributed by atoms with van der Waals surface area (Å²) >= 11 is 0. The van der Waals surface area contributed by atoms with Gasteiger partial charge in [-0.1, -0.05) is 6.07 Å². The predicted molar refractivity (Wildman–Crippen MR) is 59.3 cm³/mol. The summed E-state index contributed by atoms with van der Waals surface area (Å²) in [5.41, 5.74) is 1.46. The molecule has 16 heavy (non-hydrogen) atoms. The molecule has 0 fully saturated rings. The number of nitriles is 1. The van der Waals surface area contributed by atoms with Gasteiger partial charge in [-0.2, -0.15) is 5.26 Å². The van der Waals surface area contributed by atoms with Crippen LogP contribution in [-0.4, -0.2) is 22.2 Å². The quantitative estimate of drug-likeness (QED) is 0.555. The summed E-state index contributed by atoms with van der Waals surface area (Å²) in [5, 5.41) is 16.6. The highest BCUT2D eigenvalue weighted by atomic mass is 15.2. The van der Waals surface area contributed by atoms with Gasteiger partial charge in [-0.05, 0) is 24.3 Å². The van der Waals surface area contributed by atoms with Crippen molar-refractivity contribution in [1.29, 1.82) is 5.26 Å². The lowest BCUT2D eigenvalue weighted by Gasteiger charge is -2.06. The third-order valence-electron chi connectivity index (χ3n) is 2.07. The van der Waals surface area contributed by atoms with Crippen molar-refractivity contribution in [2.45, 2.75) is 0 Å². The molecule has 0 unspecified atom stereocenters. The number of anilines is 1. The molecule has 0 radical (unpaired) electrons. The highest BCUT2D eigenvalue weighted by Gasteiger charge is 2.04. The second-order valence-corrected chi connectivity index (χ2v) is 3.15. The zero-order chi connectivity index (χ0) is 11.4. The van der Waals surface area contributed by atoms with Gasteiger partial charge in [-0.25, -0.2) is 0 Å². The van der Waals surface area contributed by atoms with Gasteiger partial charge in [0.2, 0.25) is 0 Å². The van der Waals surface area contributed by atoms with Crippen LogP contribution in [0.15, 0.2) is 36.5 Å². The van der Waals surface area contributed by atoms with Gasteiger partial charge in [-0.3, -0.25) is 9.88 Å². The molecule has 0 aromatic carbocycles. The van der Waals surface area contributed by atoms with E-state index in [2.05, 4.69) is 15.2 Å². The van der Waals surface area contributed by atoms with Crippen LogP contribution in [0.5, 0.6) is 0 Å². The molecular weight excluding hydrogens is 202 g/mol. The van der Waals surface area contributed by atoms with E-state index >= 15 is 0 Å². The molecule has 2 aromatic rings. The third-order valence-corrected chi connectivity index (χ3v) is 2.07. The van der Waals surface area contributed by atoms with Gasteiger partial charge in [0.05, 0.1) is 5.69 Å². The van der Waals surface area contributed by atoms with E-state index in [0.29, 0.717) is 11.5 Å². The van der Waals surface area contributed by atoms with Crippen molar-refractivity contribution >= 4 is 5.82 Å². The van der Waals surface area contributed by atoms with Crippen LogP contribution in [0.3, 0.4) is 0 Å². The number of hydrogen-bond donors (Lipinski definition) is 0. The van der Waals surface area contributed by atoms with E-state index in [9.17, 15) is 0 Å². The Morgan fingerprint density at radius 1 is 1.12 bits per heavy atom. The molecule has 0 spiro atoms. The minimum atomic E-state index is 0.516. The number of aromatic nitrogens is 3. The number of nitrogens with zero attached hydrogens (tertiary/aromatic N) is 5. The van der Waals surface area contributed by atoms with Gasteiger partial charge >= 0.3 is 0 Å². The Labute approximate surface area is 93.0 Å². The first kappa shape index (κ1) is 10.1. The van der Waals surface area contributed by atoms with Crippen molar-refractivity contribution in [3.63, 3.8) is 0 Å². The van der Waals surface area contributed by atoms with Crippen LogP contribution in [0.2, 0.25) is 0 Å². The molecule has 0 saturated heterocycles. The average molecular weight is 211 g/mol. The first-order valence-corrected chi connectivity index (χ1v) is 4.70. The molecule has 5 nitrogen and oxygen atoms in total. The third kappa shape index (κ3) is 1.96. The summed E-state index contributed by atoms with van der Waals surface area (Å²) in [6, 6.07) is 9.12. The van der Waals surface area contributed by atoms with Crippen LogP contribution in [0, 0.1) is 11.5 Å². The molecule has 5 heteroatoms. The summed E-state index contributed by atoms with van der Waals surface area (Å²) in [6.07, 6.45) is 3.66. The monoisotopic (exact) mass is 211 g/mol. The Kier molecular flexibility index (Phi) is 2.74. The fraction of sp³-hybridized carbons (Fsp3) is 0.0909. The maximum absolute atomic E-state index is 8.67. The lowest BCUT2D eigenvalue weighted by molar-refractivity contribution is 0.988. The van der Waals surface area contributed by atoms with Gasteiger partial charge in [0.25, 0.3) is 0 Å². The Morgan fingerprint density at radius 2 is 2.00 bits per heavy atom. The van der Waals surface area contributed by atoms with Crippen molar-refractivity contribution in [1.82, 2.24) is 15.2 Å². The lowest BCUT2D eigenvalue weighted by Crippen LogP contribution is -2.10. The van der Waals surface area contributed by atoms with Crippen LogP contribution < -0.4 is 4.90 Å². The highest BCUT2D eigenvalue weighted by molar-refractivity contribution is 5.55. The zero-order valence-electron chi connectivity index (χ0n) is 8.70. The summed E-state index contributed by atoms with van der Waals surface area (Å²) in [5.74, 6) is 0.516. The zero-order valence-corrected chi connectivity index (χ0v) is 8.70. The molecule has 0 aliphatic rings. The molecule has 0 saturated carbocycles. The Bertz CT molecular complexity index is 500. The fourth-order valence-corrected chi connectivity index (χ4v) is 1.21. The molecule has 78 valence electrons. The Balaban J connectivity index is 2.31. The largest absolute Gasteiger partial charge is 0.265 e. The molecule has 2 rings (SSSR count). The highest BCUT2D eigenvalue weighted by Crippen LogP contribution is 2.14. The van der Waals surface area contributed by atoms with Crippen LogP contribution in [0.1, 0.15) is 0 Å². The molecule has 2 heterocycles. The van der Waals surface area contributed by atoms with Crippen LogP contribution in [-0.2, 0) is 0 Å². The van der Waals surface area contributed by atoms with E-state index < -0.39 is 0 Å². The molecule has 0 amide bonds. The van der Waals surface area contributed by atoms with Gasteiger partial charge in [0, 0.05) is 13.2 Å². The molecular formula is C11H9N5. The SMILES string of the molecule is CN(C#N)c1ccc(-c2ccccn2)nn1. The number of hydrogen-bond acceptors (Lipinski definition) is 5. The van der Waals surface area contributed by atoms with E-state index in [-0.39, 0.29) is 0 Å². The second-order valence-electron chi connectivity index (χ2n) is 3.15. The first-order chi connectivity index (χ1) is 7.81. The maximum Gasteiger partial charge on any atom is 0.185 e. The Hall–Kier alpha value is -2.48. The van der Waals surface area contributed by atoms with Crippen molar-refractivity contribution in [3.8, 4) is 17.6 Å². The fourth-order valence-electron chi connectivity index (χ4n) is 1.21. The van der Waals surface area contributed by atoms with Gasteiger partial charge < -0.3 is 0 Å². The van der Waals surface area contributed by atoms with Gasteiger partial charge in [-0.15, -0.1) is 10.2 Å². The molecule has 2 aromatic heterocycles. The first-order valence-electron chi connectivity index (χ1n) is 4.70. The number of rotatable bonds is 2. The molecule has 0 aliphatic heterocycles. The predicted octanol–water partition coefficient (Wildman–Crippen LogP) is 1.46. The molecule has 0 atom stereocenters. The van der Waals surface area contributed by atoms with E-state index in [4.69, 9.17) is 5.26 Å². The standard InChI is InChI=1S/C11H9N5/c1-16(8-12)11-6-5-10(14-15-11)9-4-2-3-7-13-9/h2-7H,1H3. The minimum absolute atomic E-state index is 0.516.